The van der Waals surface area contributed by atoms with Crippen LogP contribution in [-0.4, -0.2) is 0 Å². The zero-order chi connectivity index (χ0) is 69.8. The van der Waals surface area contributed by atoms with Crippen molar-refractivity contribution in [1.29, 1.82) is 0 Å². The summed E-state index contributed by atoms with van der Waals surface area (Å²) in [5.41, 5.74) is 41.7. The minimum Gasteiger partial charge on any atom is -0.455 e. The molecule has 20 rings (SSSR count). The van der Waals surface area contributed by atoms with Crippen LogP contribution in [0.4, 0.5) is 17.1 Å². The molecule has 6 aliphatic carbocycles. The van der Waals surface area contributed by atoms with Crippen LogP contribution in [0.1, 0.15) is 213 Å². The third-order valence-electron chi connectivity index (χ3n) is 26.5. The smallest absolute Gasteiger partial charge is 0.144 e. The molecule has 0 N–H and O–H groups in total. The van der Waals surface area contributed by atoms with Crippen molar-refractivity contribution >= 4 is 60.9 Å². The first-order valence-corrected chi connectivity index (χ1v) is 38.9. The van der Waals surface area contributed by atoms with E-state index in [1.807, 2.05) is 0 Å². The summed E-state index contributed by atoms with van der Waals surface area (Å²) in [5, 5.41) is 4.85. The maximum absolute atomic E-state index is 7.20. The summed E-state index contributed by atoms with van der Waals surface area (Å²) in [6.07, 6.45) is 15.4. The lowest BCUT2D eigenvalue weighted by molar-refractivity contribution is 0.399. The Morgan fingerprint density at radius 2 is 0.806 bits per heavy atom. The van der Waals surface area contributed by atoms with Crippen LogP contribution in [0.25, 0.3) is 122 Å². The molecule has 0 amide bonds. The second-order valence-electron chi connectivity index (χ2n) is 33.6. The zero-order valence-electron chi connectivity index (χ0n) is 61.7. The van der Waals surface area contributed by atoms with E-state index in [0.29, 0.717) is 0 Å². The number of unbranched alkanes of at least 4 members (excludes halogenated alkanes) is 8. The van der Waals surface area contributed by atoms with Crippen molar-refractivity contribution in [3.63, 3.8) is 0 Å². The first-order valence-electron chi connectivity index (χ1n) is 38.9. The molecule has 0 aliphatic heterocycles. The van der Waals surface area contributed by atoms with Gasteiger partial charge < -0.3 is 13.7 Å². The van der Waals surface area contributed by atoms with E-state index in [4.69, 9.17) is 8.83 Å². The Kier molecular flexibility index (Phi) is 13.7. The quantitative estimate of drug-likeness (QED) is 0.0903. The van der Waals surface area contributed by atoms with E-state index in [0.717, 1.165) is 41.6 Å². The standard InChI is InChI=1S/C100H91NO2/c1-11-13-15-17-30-50-100(51-31-18-16-14-12-2)81-55-64(45-48-69(81)86-82(100)56-72(59-32-20-19-21-33-59)94-89(86)70-37-25-28-40-83(70)102-94)101(62-43-46-66-73-57-80-74(58-79(73)97(5,6)77(66)53-62)87-76(96(80,3)4)49-42-61-52-60-34-22-23-35-65(60)85(61)87)63-44-47-68-78(54-63)99(9,10)92-88(68)90-71-38-26-29-41-84(71)103-95(90)91-67-36-24-27-39-75(67)98(7,8)93(91)92/h19-29,32-49,53-58H,11-18,30-31,50-52H2,1-10H3. The van der Waals surface area contributed by atoms with E-state index < -0.39 is 5.41 Å². The second kappa shape index (κ2) is 22.5. The van der Waals surface area contributed by atoms with E-state index in [-0.39, 0.29) is 21.7 Å². The van der Waals surface area contributed by atoms with Crippen molar-refractivity contribution in [2.24, 2.45) is 0 Å². The fraction of sp³-hybridized carbons (Fsp3) is 0.280. The fourth-order valence-corrected chi connectivity index (χ4v) is 21.4. The van der Waals surface area contributed by atoms with Gasteiger partial charge in [-0.2, -0.15) is 0 Å². The summed E-state index contributed by atoms with van der Waals surface area (Å²) in [6, 6.07) is 82.7. The molecule has 3 heteroatoms. The Labute approximate surface area is 607 Å². The highest BCUT2D eigenvalue weighted by Gasteiger charge is 2.51. The summed E-state index contributed by atoms with van der Waals surface area (Å²) < 4.78 is 14.4. The van der Waals surface area contributed by atoms with Gasteiger partial charge in [-0.1, -0.05) is 279 Å². The van der Waals surface area contributed by atoms with Gasteiger partial charge in [0.25, 0.3) is 0 Å². The molecule has 0 spiro atoms. The molecule has 103 heavy (non-hydrogen) atoms. The predicted octanol–water partition coefficient (Wildman–Crippen LogP) is 28.4. The molecule has 6 aliphatic rings. The Morgan fingerprint density at radius 1 is 0.311 bits per heavy atom. The molecule has 0 saturated heterocycles. The Hall–Kier alpha value is -9.96. The largest absolute Gasteiger partial charge is 0.455 e. The molecular formula is C100H91NO2. The monoisotopic (exact) mass is 1340 g/mol. The van der Waals surface area contributed by atoms with Gasteiger partial charge in [0.15, 0.2) is 0 Å². The number of nitrogens with zero attached hydrogens (tertiary/aromatic N) is 1. The van der Waals surface area contributed by atoms with Gasteiger partial charge in [-0.05, 0) is 220 Å². The van der Waals surface area contributed by atoms with Gasteiger partial charge in [-0.25, -0.2) is 0 Å². The Balaban J connectivity index is 0.820. The summed E-state index contributed by atoms with van der Waals surface area (Å²) in [7, 11) is 0. The molecule has 2 heterocycles. The molecule has 508 valence electrons. The average molecular weight is 1340 g/mol. The maximum Gasteiger partial charge on any atom is 0.144 e. The lowest BCUT2D eigenvalue weighted by Gasteiger charge is -2.35. The van der Waals surface area contributed by atoms with Gasteiger partial charge in [0.05, 0.1) is 0 Å². The summed E-state index contributed by atoms with van der Waals surface area (Å²) in [6.45, 7) is 24.6. The highest BCUT2D eigenvalue weighted by atomic mass is 16.3. The Bertz CT molecular complexity index is 5940. The number of furan rings is 2. The van der Waals surface area contributed by atoms with Gasteiger partial charge in [0, 0.05) is 76.8 Å². The highest BCUT2D eigenvalue weighted by Crippen LogP contribution is 2.66. The molecule has 0 unspecified atom stereocenters. The number of hydrogen-bond acceptors (Lipinski definition) is 3. The molecule has 2 aromatic heterocycles. The van der Waals surface area contributed by atoms with Crippen molar-refractivity contribution in [1.82, 2.24) is 0 Å². The topological polar surface area (TPSA) is 29.5 Å². The molecule has 0 atom stereocenters. The fourth-order valence-electron chi connectivity index (χ4n) is 21.4. The van der Waals surface area contributed by atoms with Gasteiger partial charge >= 0.3 is 0 Å². The van der Waals surface area contributed by atoms with Crippen LogP contribution in [-0.2, 0) is 33.5 Å². The van der Waals surface area contributed by atoms with Crippen molar-refractivity contribution in [2.75, 3.05) is 4.90 Å². The number of hydrogen-bond donors (Lipinski definition) is 0. The van der Waals surface area contributed by atoms with E-state index in [1.54, 1.807) is 0 Å². The molecule has 0 fully saturated rings. The van der Waals surface area contributed by atoms with Crippen LogP contribution in [0.3, 0.4) is 0 Å². The number of fused-ring (bicyclic) bond motifs is 29. The van der Waals surface area contributed by atoms with Gasteiger partial charge in [-0.15, -0.1) is 0 Å². The molecule has 0 saturated carbocycles. The van der Waals surface area contributed by atoms with Crippen molar-refractivity contribution < 1.29 is 8.83 Å². The summed E-state index contributed by atoms with van der Waals surface area (Å²) in [5.74, 6) is 0. The van der Waals surface area contributed by atoms with E-state index >= 15 is 0 Å². The van der Waals surface area contributed by atoms with Crippen LogP contribution in [0, 0.1) is 0 Å². The van der Waals surface area contributed by atoms with Crippen molar-refractivity contribution in [3.8, 4) is 77.9 Å². The average Bonchev–Trinajstić information content (AvgIpc) is 1.52. The van der Waals surface area contributed by atoms with Crippen molar-refractivity contribution in [2.45, 2.75) is 180 Å². The molecule has 0 radical (unpaired) electrons. The predicted molar refractivity (Wildman–Crippen MR) is 433 cm³/mol. The maximum atomic E-state index is 7.20. The normalized spacial score (nSPS) is 16.1. The molecule has 14 aromatic rings. The minimum atomic E-state index is -0.391. The lowest BCUT2D eigenvalue weighted by Crippen LogP contribution is -2.26. The van der Waals surface area contributed by atoms with E-state index in [1.165, 1.54) is 247 Å². The van der Waals surface area contributed by atoms with Crippen LogP contribution < -0.4 is 4.90 Å². The third-order valence-corrected chi connectivity index (χ3v) is 26.5. The molecule has 12 aromatic carbocycles. The Morgan fingerprint density at radius 3 is 1.50 bits per heavy atom. The van der Waals surface area contributed by atoms with Crippen LogP contribution in [0.5, 0.6) is 0 Å². The molecule has 0 bridgehead atoms. The number of anilines is 3. The summed E-state index contributed by atoms with van der Waals surface area (Å²) >= 11 is 0. The number of para-hydroxylation sites is 2. The lowest BCUT2D eigenvalue weighted by atomic mass is 9.70. The second-order valence-corrected chi connectivity index (χ2v) is 33.6. The molecular weight excluding hydrogens is 1250 g/mol. The number of rotatable bonds is 16. The van der Waals surface area contributed by atoms with Gasteiger partial charge in [0.1, 0.15) is 22.3 Å². The SMILES string of the molecule is CCCCCCCC1(CCCCCCC)c2cc(N(c3ccc4c(c3)C(C)(C)c3cc5c(cc3-4)C(C)(C)c3ccc4c(c3-5)-c3ccccc3C4)c3ccc4c(c3)C(C)(C)c3c5c(c6oc7ccccc7c6c3-4)-c3ccccc3C5(C)C)ccc2-c2c1cc(-c1ccccc1)c1oc3ccccc3c21. The van der Waals surface area contributed by atoms with E-state index in [2.05, 4.69) is 286 Å². The van der Waals surface area contributed by atoms with Gasteiger partial charge in [-0.3, -0.25) is 0 Å². The molecule has 3 nitrogen and oxygen atoms in total. The van der Waals surface area contributed by atoms with Crippen molar-refractivity contribution in [3.05, 3.63) is 279 Å². The van der Waals surface area contributed by atoms with Crippen LogP contribution >= 0.6 is 0 Å². The minimum absolute atomic E-state index is 0.166. The highest BCUT2D eigenvalue weighted by molar-refractivity contribution is 6.22. The number of benzene rings is 12. The first-order chi connectivity index (χ1) is 50.0. The van der Waals surface area contributed by atoms with Crippen LogP contribution in [0.2, 0.25) is 0 Å². The third kappa shape index (κ3) is 8.63. The summed E-state index contributed by atoms with van der Waals surface area (Å²) in [4.78, 5) is 2.68. The van der Waals surface area contributed by atoms with E-state index in [9.17, 15) is 0 Å². The zero-order valence-corrected chi connectivity index (χ0v) is 61.7. The first kappa shape index (κ1) is 62.8. The van der Waals surface area contributed by atoms with Crippen LogP contribution in [0.15, 0.2) is 221 Å². The van der Waals surface area contributed by atoms with Gasteiger partial charge in [0.2, 0.25) is 0 Å².